The second-order valence-corrected chi connectivity index (χ2v) is 6.50. The second-order valence-electron chi connectivity index (χ2n) is 5.16. The molecule has 1 aliphatic heterocycles. The molecule has 1 aliphatic rings. The van der Waals surface area contributed by atoms with Gasteiger partial charge in [0.2, 0.25) is 0 Å². The molecular formula is C14H21NS. The topological polar surface area (TPSA) is 26.0 Å². The third kappa shape index (κ3) is 2.80. The molecule has 2 rings (SSSR count). The monoisotopic (exact) mass is 235 g/mol. The van der Waals surface area contributed by atoms with Crippen molar-refractivity contribution < 1.29 is 0 Å². The number of rotatable bonds is 4. The minimum absolute atomic E-state index is 0.00839. The molecule has 0 saturated heterocycles. The molecule has 0 fully saturated rings. The zero-order chi connectivity index (χ0) is 11.6. The first kappa shape index (κ1) is 12.0. The van der Waals surface area contributed by atoms with Crippen LogP contribution in [0.15, 0.2) is 29.2 Å². The maximum atomic E-state index is 6.33. The van der Waals surface area contributed by atoms with Crippen LogP contribution in [0.3, 0.4) is 0 Å². The number of nitrogens with two attached hydrogens (primary N) is 1. The van der Waals surface area contributed by atoms with Crippen LogP contribution in [0.4, 0.5) is 0 Å². The molecule has 0 saturated carbocycles. The summed E-state index contributed by atoms with van der Waals surface area (Å²) in [6.45, 7) is 4.40. The van der Waals surface area contributed by atoms with Gasteiger partial charge in [0.05, 0.1) is 0 Å². The van der Waals surface area contributed by atoms with Gasteiger partial charge in [-0.25, -0.2) is 0 Å². The molecule has 0 aliphatic carbocycles. The van der Waals surface area contributed by atoms with E-state index in [4.69, 9.17) is 5.73 Å². The summed E-state index contributed by atoms with van der Waals surface area (Å²) in [6.07, 6.45) is 4.62. The molecule has 2 N–H and O–H groups in total. The second kappa shape index (κ2) is 4.80. The summed E-state index contributed by atoms with van der Waals surface area (Å²) < 4.78 is 0. The molecule has 2 unspecified atom stereocenters. The van der Waals surface area contributed by atoms with Crippen LogP contribution >= 0.6 is 11.8 Å². The van der Waals surface area contributed by atoms with Crippen molar-refractivity contribution >= 4 is 11.8 Å². The highest BCUT2D eigenvalue weighted by Gasteiger charge is 2.28. The van der Waals surface area contributed by atoms with E-state index in [1.165, 1.54) is 23.3 Å². The lowest BCUT2D eigenvalue weighted by atomic mass is 9.90. The Bertz CT molecular complexity index is 335. The lowest BCUT2D eigenvalue weighted by Crippen LogP contribution is -2.38. The van der Waals surface area contributed by atoms with Crippen molar-refractivity contribution in [2.45, 2.75) is 55.2 Å². The molecular weight excluding hydrogens is 214 g/mol. The average molecular weight is 235 g/mol. The number of fused-ring (bicyclic) bond motifs is 1. The molecule has 0 spiro atoms. The molecule has 1 nitrogen and oxygen atoms in total. The summed E-state index contributed by atoms with van der Waals surface area (Å²) in [7, 11) is 0. The van der Waals surface area contributed by atoms with Gasteiger partial charge in [-0.2, -0.15) is 0 Å². The van der Waals surface area contributed by atoms with Crippen LogP contribution in [0.5, 0.6) is 0 Å². The molecule has 0 bridgehead atoms. The van der Waals surface area contributed by atoms with E-state index in [1.807, 2.05) is 11.8 Å². The number of thioether (sulfide) groups is 1. The van der Waals surface area contributed by atoms with Gasteiger partial charge in [-0.3, -0.25) is 0 Å². The Hall–Kier alpha value is -0.470. The van der Waals surface area contributed by atoms with E-state index in [2.05, 4.69) is 38.1 Å². The maximum absolute atomic E-state index is 6.33. The highest BCUT2D eigenvalue weighted by atomic mass is 32.2. The van der Waals surface area contributed by atoms with Crippen molar-refractivity contribution in [2.75, 3.05) is 0 Å². The van der Waals surface area contributed by atoms with E-state index in [0.29, 0.717) is 5.25 Å². The third-order valence-electron chi connectivity index (χ3n) is 3.23. The van der Waals surface area contributed by atoms with Gasteiger partial charge in [0.25, 0.3) is 0 Å². The smallest absolute Gasteiger partial charge is 0.0153 e. The molecule has 1 aromatic rings. The summed E-state index contributed by atoms with van der Waals surface area (Å²) in [6, 6.07) is 8.74. The largest absolute Gasteiger partial charge is 0.325 e. The molecule has 16 heavy (non-hydrogen) atoms. The standard InChI is InChI=1S/C14H21NS/c1-3-8-14(2,15)10-12-9-11-6-4-5-7-13(11)16-12/h4-7,12H,3,8-10,15H2,1-2H3. The Morgan fingerprint density at radius 2 is 2.19 bits per heavy atom. The van der Waals surface area contributed by atoms with Crippen LogP contribution in [0.2, 0.25) is 0 Å². The van der Waals surface area contributed by atoms with Gasteiger partial charge >= 0.3 is 0 Å². The number of hydrogen-bond acceptors (Lipinski definition) is 2. The van der Waals surface area contributed by atoms with Gasteiger partial charge in [-0.1, -0.05) is 31.5 Å². The molecule has 2 heteroatoms. The van der Waals surface area contributed by atoms with E-state index in [9.17, 15) is 0 Å². The summed E-state index contributed by atoms with van der Waals surface area (Å²) in [5.74, 6) is 0. The third-order valence-corrected chi connectivity index (χ3v) is 4.55. The lowest BCUT2D eigenvalue weighted by Gasteiger charge is -2.26. The SMILES string of the molecule is CCCC(C)(N)CC1Cc2ccccc2S1. The van der Waals surface area contributed by atoms with Gasteiger partial charge in [0.15, 0.2) is 0 Å². The summed E-state index contributed by atoms with van der Waals surface area (Å²) in [4.78, 5) is 1.46. The van der Waals surface area contributed by atoms with Crippen LogP contribution in [0.1, 0.15) is 38.7 Å². The number of hydrogen-bond donors (Lipinski definition) is 1. The minimum Gasteiger partial charge on any atom is -0.325 e. The van der Waals surface area contributed by atoms with Crippen LogP contribution in [0, 0.1) is 0 Å². The quantitative estimate of drug-likeness (QED) is 0.862. The van der Waals surface area contributed by atoms with E-state index in [0.717, 1.165) is 12.8 Å². The fraction of sp³-hybridized carbons (Fsp3) is 0.571. The fourth-order valence-electron chi connectivity index (χ4n) is 2.56. The first-order valence-electron chi connectivity index (χ1n) is 6.14. The molecule has 1 heterocycles. The number of benzene rings is 1. The summed E-state index contributed by atoms with van der Waals surface area (Å²) in [5, 5.41) is 0.680. The van der Waals surface area contributed by atoms with Crippen LogP contribution in [-0.4, -0.2) is 10.8 Å². The van der Waals surface area contributed by atoms with E-state index < -0.39 is 0 Å². The Labute approximate surface area is 103 Å². The minimum atomic E-state index is 0.00839. The Balaban J connectivity index is 1.97. The zero-order valence-corrected chi connectivity index (χ0v) is 11.0. The highest BCUT2D eigenvalue weighted by Crippen LogP contribution is 2.40. The van der Waals surface area contributed by atoms with E-state index in [1.54, 1.807) is 0 Å². The van der Waals surface area contributed by atoms with Crippen molar-refractivity contribution in [3.8, 4) is 0 Å². The summed E-state index contributed by atoms with van der Waals surface area (Å²) >= 11 is 2.01. The maximum Gasteiger partial charge on any atom is 0.0153 e. The highest BCUT2D eigenvalue weighted by molar-refractivity contribution is 8.00. The van der Waals surface area contributed by atoms with Crippen LogP contribution in [-0.2, 0) is 6.42 Å². The van der Waals surface area contributed by atoms with Gasteiger partial charge in [-0.05, 0) is 37.8 Å². The molecule has 0 aromatic heterocycles. The average Bonchev–Trinajstić information content (AvgIpc) is 2.58. The van der Waals surface area contributed by atoms with Crippen molar-refractivity contribution in [3.05, 3.63) is 29.8 Å². The van der Waals surface area contributed by atoms with Crippen LogP contribution in [0.25, 0.3) is 0 Å². The van der Waals surface area contributed by atoms with Crippen molar-refractivity contribution in [1.82, 2.24) is 0 Å². The Kier molecular flexibility index (Phi) is 3.60. The molecule has 0 radical (unpaired) electrons. The van der Waals surface area contributed by atoms with Gasteiger partial charge in [0, 0.05) is 15.7 Å². The van der Waals surface area contributed by atoms with E-state index >= 15 is 0 Å². The normalized spacial score (nSPS) is 22.8. The van der Waals surface area contributed by atoms with Gasteiger partial charge in [0.1, 0.15) is 0 Å². The van der Waals surface area contributed by atoms with Crippen molar-refractivity contribution in [3.63, 3.8) is 0 Å². The Morgan fingerprint density at radius 3 is 2.88 bits per heavy atom. The first-order chi connectivity index (χ1) is 7.61. The molecule has 0 amide bonds. The molecule has 1 aromatic carbocycles. The lowest BCUT2D eigenvalue weighted by molar-refractivity contribution is 0.392. The molecule has 2 atom stereocenters. The van der Waals surface area contributed by atoms with Crippen LogP contribution < -0.4 is 5.73 Å². The summed E-state index contributed by atoms with van der Waals surface area (Å²) in [5.41, 5.74) is 7.84. The fourth-order valence-corrected chi connectivity index (χ4v) is 4.11. The van der Waals surface area contributed by atoms with Crippen molar-refractivity contribution in [2.24, 2.45) is 5.73 Å². The van der Waals surface area contributed by atoms with E-state index in [-0.39, 0.29) is 5.54 Å². The van der Waals surface area contributed by atoms with Gasteiger partial charge in [-0.15, -0.1) is 11.8 Å². The van der Waals surface area contributed by atoms with Crippen molar-refractivity contribution in [1.29, 1.82) is 0 Å². The first-order valence-corrected chi connectivity index (χ1v) is 7.02. The Morgan fingerprint density at radius 1 is 1.44 bits per heavy atom. The van der Waals surface area contributed by atoms with Gasteiger partial charge < -0.3 is 5.73 Å². The zero-order valence-electron chi connectivity index (χ0n) is 10.2. The predicted molar refractivity (Wildman–Crippen MR) is 71.9 cm³/mol. The predicted octanol–water partition coefficient (Wildman–Crippen LogP) is 3.61. The molecule has 88 valence electrons.